The summed E-state index contributed by atoms with van der Waals surface area (Å²) in [7, 11) is 1.72. The number of amides is 2. The highest BCUT2D eigenvalue weighted by Gasteiger charge is 2.28. The molecule has 0 radical (unpaired) electrons. The van der Waals surface area contributed by atoms with Gasteiger partial charge in [0.05, 0.1) is 6.04 Å². The number of hydrogen-bond acceptors (Lipinski definition) is 7. The molecule has 18 heavy (non-hydrogen) atoms. The van der Waals surface area contributed by atoms with Crippen LogP contribution >= 0.6 is 11.8 Å². The van der Waals surface area contributed by atoms with E-state index in [4.69, 9.17) is 10.9 Å². The van der Waals surface area contributed by atoms with Crippen molar-refractivity contribution in [2.75, 3.05) is 19.3 Å². The van der Waals surface area contributed by atoms with E-state index in [0.29, 0.717) is 17.3 Å². The number of thioether (sulfide) groups is 1. The monoisotopic (exact) mass is 272 g/mol. The van der Waals surface area contributed by atoms with Crippen LogP contribution in [0.2, 0.25) is 0 Å². The molecule has 1 fully saturated rings. The number of rotatable bonds is 4. The fourth-order valence-corrected chi connectivity index (χ4v) is 2.51. The summed E-state index contributed by atoms with van der Waals surface area (Å²) in [6.45, 7) is 0.576. The highest BCUT2D eigenvalue weighted by atomic mass is 32.2. The van der Waals surface area contributed by atoms with Crippen molar-refractivity contribution in [3.05, 3.63) is 5.69 Å². The van der Waals surface area contributed by atoms with Crippen molar-refractivity contribution in [1.29, 1.82) is 0 Å². The highest BCUT2D eigenvalue weighted by molar-refractivity contribution is 7.99. The standard InChI is InChI=1S/C8H12N6O3S/c1-14-4(2-10-8(14)15)3-18-7-5(6(9)11-16)12-17-13-7/h4,16H,2-3H2,1H3,(H2,9,11)(H,10,15)/t4-/m0/s1. The Hall–Kier alpha value is -1.97. The average molecular weight is 272 g/mol. The van der Waals surface area contributed by atoms with Crippen molar-refractivity contribution in [3.63, 3.8) is 0 Å². The number of urea groups is 1. The highest BCUT2D eigenvalue weighted by Crippen LogP contribution is 2.22. The molecule has 0 aromatic carbocycles. The second-order valence-electron chi connectivity index (χ2n) is 3.67. The SMILES string of the molecule is CN1C(=O)NC[C@H]1CSc1nonc1/C(N)=N/O. The summed E-state index contributed by atoms with van der Waals surface area (Å²) in [6, 6.07) is -0.0464. The third-order valence-corrected chi connectivity index (χ3v) is 3.67. The summed E-state index contributed by atoms with van der Waals surface area (Å²) in [5.41, 5.74) is 5.62. The van der Waals surface area contributed by atoms with Gasteiger partial charge in [-0.1, -0.05) is 16.9 Å². The fraction of sp³-hybridized carbons (Fsp3) is 0.500. The van der Waals surface area contributed by atoms with Gasteiger partial charge in [0.2, 0.25) is 0 Å². The maximum absolute atomic E-state index is 11.3. The molecule has 2 heterocycles. The van der Waals surface area contributed by atoms with Gasteiger partial charge < -0.3 is 21.2 Å². The number of nitrogens with one attached hydrogen (secondary N) is 1. The molecular weight excluding hydrogens is 260 g/mol. The largest absolute Gasteiger partial charge is 0.409 e. The minimum absolute atomic E-state index is 0.0549. The third-order valence-electron chi connectivity index (χ3n) is 2.58. The molecule has 1 aliphatic heterocycles. The molecule has 0 saturated carbocycles. The number of amidine groups is 1. The van der Waals surface area contributed by atoms with E-state index < -0.39 is 0 Å². The maximum Gasteiger partial charge on any atom is 0.317 e. The Labute approximate surface area is 106 Å². The smallest absolute Gasteiger partial charge is 0.317 e. The Morgan fingerprint density at radius 1 is 1.78 bits per heavy atom. The normalized spacial score (nSPS) is 20.3. The molecule has 1 aliphatic rings. The molecule has 1 saturated heterocycles. The Morgan fingerprint density at radius 2 is 2.56 bits per heavy atom. The summed E-state index contributed by atoms with van der Waals surface area (Å²) in [5.74, 6) is 0.447. The van der Waals surface area contributed by atoms with E-state index >= 15 is 0 Å². The van der Waals surface area contributed by atoms with Crippen LogP contribution in [0.1, 0.15) is 5.69 Å². The molecule has 10 heteroatoms. The van der Waals surface area contributed by atoms with E-state index in [2.05, 4.69) is 25.4 Å². The summed E-state index contributed by atoms with van der Waals surface area (Å²) in [6.07, 6.45) is 0. The number of hydrogen-bond donors (Lipinski definition) is 3. The molecule has 1 aromatic heterocycles. The summed E-state index contributed by atoms with van der Waals surface area (Å²) in [5, 5.41) is 21.8. The zero-order valence-corrected chi connectivity index (χ0v) is 10.3. The van der Waals surface area contributed by atoms with Crippen LogP contribution in [0, 0.1) is 0 Å². The number of nitrogens with two attached hydrogens (primary N) is 1. The van der Waals surface area contributed by atoms with Crippen LogP contribution in [0.3, 0.4) is 0 Å². The summed E-state index contributed by atoms with van der Waals surface area (Å²) in [4.78, 5) is 12.9. The lowest BCUT2D eigenvalue weighted by atomic mass is 10.3. The number of carbonyl (C=O) groups is 1. The molecule has 0 unspecified atom stereocenters. The van der Waals surface area contributed by atoms with E-state index in [1.807, 2.05) is 0 Å². The molecule has 98 valence electrons. The zero-order chi connectivity index (χ0) is 13.1. The van der Waals surface area contributed by atoms with Gasteiger partial charge in [-0.2, -0.15) is 0 Å². The quantitative estimate of drug-likeness (QED) is 0.217. The van der Waals surface area contributed by atoms with E-state index in [-0.39, 0.29) is 23.6 Å². The van der Waals surface area contributed by atoms with E-state index in [0.717, 1.165) is 0 Å². The molecule has 9 nitrogen and oxygen atoms in total. The van der Waals surface area contributed by atoms with E-state index in [1.165, 1.54) is 11.8 Å². The van der Waals surface area contributed by atoms with Crippen molar-refractivity contribution in [3.8, 4) is 0 Å². The van der Waals surface area contributed by atoms with Crippen molar-refractivity contribution in [1.82, 2.24) is 20.5 Å². The molecule has 0 aliphatic carbocycles. The van der Waals surface area contributed by atoms with Gasteiger partial charge in [0.25, 0.3) is 0 Å². The van der Waals surface area contributed by atoms with Crippen molar-refractivity contribution >= 4 is 23.6 Å². The lowest BCUT2D eigenvalue weighted by Crippen LogP contribution is -2.31. The first kappa shape index (κ1) is 12.5. The van der Waals surface area contributed by atoms with Gasteiger partial charge in [-0.3, -0.25) is 0 Å². The van der Waals surface area contributed by atoms with Gasteiger partial charge in [-0.25, -0.2) is 9.42 Å². The van der Waals surface area contributed by atoms with Gasteiger partial charge in [0.15, 0.2) is 16.6 Å². The van der Waals surface area contributed by atoms with Crippen LogP contribution in [0.5, 0.6) is 0 Å². The number of carbonyl (C=O) groups excluding carboxylic acids is 1. The van der Waals surface area contributed by atoms with Crippen molar-refractivity contribution < 1.29 is 14.6 Å². The zero-order valence-electron chi connectivity index (χ0n) is 9.53. The van der Waals surface area contributed by atoms with Crippen LogP contribution in [0.25, 0.3) is 0 Å². The number of oxime groups is 1. The predicted octanol–water partition coefficient (Wildman–Crippen LogP) is -0.720. The van der Waals surface area contributed by atoms with Crippen LogP contribution in [0.4, 0.5) is 4.79 Å². The molecule has 0 bridgehead atoms. The molecular formula is C8H12N6O3S. The Bertz CT molecular complexity index is 475. The Kier molecular flexibility index (Phi) is 3.55. The van der Waals surface area contributed by atoms with Crippen LogP contribution in [0.15, 0.2) is 14.8 Å². The Morgan fingerprint density at radius 3 is 3.17 bits per heavy atom. The molecule has 2 rings (SSSR count). The first-order valence-electron chi connectivity index (χ1n) is 5.07. The molecule has 1 atom stereocenters. The molecule has 1 aromatic rings. The maximum atomic E-state index is 11.3. The average Bonchev–Trinajstić information content (AvgIpc) is 2.95. The van der Waals surface area contributed by atoms with Gasteiger partial charge in [-0.05, 0) is 10.3 Å². The third kappa shape index (κ3) is 2.32. The summed E-state index contributed by atoms with van der Waals surface area (Å²) >= 11 is 1.33. The van der Waals surface area contributed by atoms with Gasteiger partial charge in [0, 0.05) is 19.3 Å². The number of likely N-dealkylation sites (N-methyl/N-ethyl adjacent to an activating group) is 1. The first-order valence-corrected chi connectivity index (χ1v) is 6.06. The van der Waals surface area contributed by atoms with E-state index in [1.54, 1.807) is 11.9 Å². The van der Waals surface area contributed by atoms with Gasteiger partial charge in [-0.15, -0.1) is 0 Å². The van der Waals surface area contributed by atoms with Gasteiger partial charge >= 0.3 is 6.03 Å². The lowest BCUT2D eigenvalue weighted by molar-refractivity contribution is 0.219. The lowest BCUT2D eigenvalue weighted by Gasteiger charge is -2.16. The molecule has 0 spiro atoms. The van der Waals surface area contributed by atoms with Crippen LogP contribution < -0.4 is 11.1 Å². The minimum atomic E-state index is -0.160. The molecule has 2 amide bonds. The predicted molar refractivity (Wildman–Crippen MR) is 62.5 cm³/mol. The number of nitrogens with zero attached hydrogens (tertiary/aromatic N) is 4. The first-order chi connectivity index (χ1) is 8.63. The van der Waals surface area contributed by atoms with Crippen LogP contribution in [-0.4, -0.2) is 57.7 Å². The Balaban J connectivity index is 1.99. The summed E-state index contributed by atoms with van der Waals surface area (Å²) < 4.78 is 4.54. The second-order valence-corrected chi connectivity index (χ2v) is 4.67. The minimum Gasteiger partial charge on any atom is -0.409 e. The van der Waals surface area contributed by atoms with Gasteiger partial charge in [0.1, 0.15) is 0 Å². The topological polar surface area (TPSA) is 130 Å². The van der Waals surface area contributed by atoms with Crippen molar-refractivity contribution in [2.45, 2.75) is 11.1 Å². The molecule has 4 N–H and O–H groups in total. The number of aromatic nitrogens is 2. The van der Waals surface area contributed by atoms with E-state index in [9.17, 15) is 4.79 Å². The van der Waals surface area contributed by atoms with Crippen LogP contribution in [-0.2, 0) is 0 Å². The van der Waals surface area contributed by atoms with Crippen molar-refractivity contribution in [2.24, 2.45) is 10.9 Å². The fourth-order valence-electron chi connectivity index (χ4n) is 1.46. The second kappa shape index (κ2) is 5.12.